The molecule has 0 bridgehead atoms. The molecule has 0 aromatic rings. The van der Waals surface area contributed by atoms with Crippen molar-refractivity contribution < 1.29 is 9.59 Å². The van der Waals surface area contributed by atoms with Crippen LogP contribution in [-0.4, -0.2) is 30.6 Å². The third kappa shape index (κ3) is 3.69. The van der Waals surface area contributed by atoms with Crippen LogP contribution in [0.4, 0.5) is 4.79 Å². The summed E-state index contributed by atoms with van der Waals surface area (Å²) in [5.74, 6) is -0.126. The van der Waals surface area contributed by atoms with Gasteiger partial charge in [-0.15, -0.1) is 0 Å². The van der Waals surface area contributed by atoms with E-state index in [1.54, 1.807) is 0 Å². The number of carbonyl (C=O) groups is 2. The van der Waals surface area contributed by atoms with Crippen molar-refractivity contribution in [1.29, 1.82) is 0 Å². The molecule has 0 aromatic heterocycles. The molecule has 3 amide bonds. The zero-order chi connectivity index (χ0) is 12.0. The molecule has 0 aromatic carbocycles. The van der Waals surface area contributed by atoms with Crippen molar-refractivity contribution in [3.05, 3.63) is 0 Å². The Morgan fingerprint density at radius 1 is 1.06 bits per heavy atom. The number of primary amides is 1. The molecular formula is C10H20N4O2. The average Bonchev–Trinajstić information content (AvgIpc) is 2.25. The Kier molecular flexibility index (Phi) is 4.54. The molecule has 0 saturated heterocycles. The molecule has 1 saturated carbocycles. The SMILES string of the molecule is NC(=O)NCCNC(=O)C1(N)CCCCC1. The van der Waals surface area contributed by atoms with Crippen molar-refractivity contribution >= 4 is 11.9 Å². The van der Waals surface area contributed by atoms with Gasteiger partial charge in [0, 0.05) is 13.1 Å². The monoisotopic (exact) mass is 228 g/mol. The van der Waals surface area contributed by atoms with E-state index >= 15 is 0 Å². The summed E-state index contributed by atoms with van der Waals surface area (Å²) >= 11 is 0. The highest BCUT2D eigenvalue weighted by molar-refractivity contribution is 5.86. The number of carbonyl (C=O) groups excluding carboxylic acids is 2. The molecule has 1 aliphatic rings. The topological polar surface area (TPSA) is 110 Å². The summed E-state index contributed by atoms with van der Waals surface area (Å²) in [5, 5.41) is 5.11. The van der Waals surface area contributed by atoms with Gasteiger partial charge >= 0.3 is 6.03 Å². The fourth-order valence-corrected chi connectivity index (χ4v) is 1.95. The molecule has 1 fully saturated rings. The molecule has 0 spiro atoms. The predicted molar refractivity (Wildman–Crippen MR) is 60.6 cm³/mol. The number of rotatable bonds is 4. The molecule has 16 heavy (non-hydrogen) atoms. The summed E-state index contributed by atoms with van der Waals surface area (Å²) in [5.41, 5.74) is 10.2. The van der Waals surface area contributed by atoms with Gasteiger partial charge in [-0.2, -0.15) is 0 Å². The van der Waals surface area contributed by atoms with Crippen LogP contribution < -0.4 is 22.1 Å². The van der Waals surface area contributed by atoms with Crippen LogP contribution in [0.1, 0.15) is 32.1 Å². The Morgan fingerprint density at radius 3 is 2.19 bits per heavy atom. The normalized spacial score (nSPS) is 18.8. The summed E-state index contributed by atoms with van der Waals surface area (Å²) in [6.07, 6.45) is 4.63. The molecule has 1 aliphatic carbocycles. The Bertz CT molecular complexity index is 262. The van der Waals surface area contributed by atoms with Crippen LogP contribution in [0.5, 0.6) is 0 Å². The quantitative estimate of drug-likeness (QED) is 0.484. The number of nitrogens with one attached hydrogen (secondary N) is 2. The second-order valence-corrected chi connectivity index (χ2v) is 4.26. The molecule has 0 aliphatic heterocycles. The van der Waals surface area contributed by atoms with Crippen molar-refractivity contribution in [1.82, 2.24) is 10.6 Å². The van der Waals surface area contributed by atoms with Crippen LogP contribution in [0.2, 0.25) is 0 Å². The minimum Gasteiger partial charge on any atom is -0.353 e. The highest BCUT2D eigenvalue weighted by Crippen LogP contribution is 2.25. The van der Waals surface area contributed by atoms with E-state index in [0.717, 1.165) is 32.1 Å². The lowest BCUT2D eigenvalue weighted by Gasteiger charge is -2.31. The molecule has 6 heteroatoms. The van der Waals surface area contributed by atoms with E-state index < -0.39 is 11.6 Å². The Labute approximate surface area is 95.1 Å². The molecule has 0 unspecified atom stereocenters. The third-order valence-corrected chi connectivity index (χ3v) is 2.91. The highest BCUT2D eigenvalue weighted by Gasteiger charge is 2.34. The van der Waals surface area contributed by atoms with Crippen LogP contribution in [-0.2, 0) is 4.79 Å². The van der Waals surface area contributed by atoms with Crippen molar-refractivity contribution in [2.45, 2.75) is 37.6 Å². The zero-order valence-corrected chi connectivity index (χ0v) is 9.42. The molecule has 92 valence electrons. The summed E-state index contributed by atoms with van der Waals surface area (Å²) in [6.45, 7) is 0.692. The fourth-order valence-electron chi connectivity index (χ4n) is 1.95. The van der Waals surface area contributed by atoms with Crippen LogP contribution in [0.25, 0.3) is 0 Å². The van der Waals surface area contributed by atoms with Crippen molar-refractivity contribution in [2.24, 2.45) is 11.5 Å². The van der Waals surface area contributed by atoms with E-state index in [-0.39, 0.29) is 5.91 Å². The average molecular weight is 228 g/mol. The Hall–Kier alpha value is -1.30. The summed E-state index contributed by atoms with van der Waals surface area (Å²) in [6, 6.07) is -0.589. The van der Waals surface area contributed by atoms with Gasteiger partial charge in [0.05, 0.1) is 5.54 Å². The predicted octanol–water partition coefficient (Wildman–Crippen LogP) is -0.567. The molecule has 0 atom stereocenters. The van der Waals surface area contributed by atoms with E-state index in [1.807, 2.05) is 0 Å². The van der Waals surface area contributed by atoms with E-state index in [2.05, 4.69) is 10.6 Å². The number of amides is 3. The second-order valence-electron chi connectivity index (χ2n) is 4.26. The van der Waals surface area contributed by atoms with Gasteiger partial charge in [0.1, 0.15) is 0 Å². The van der Waals surface area contributed by atoms with Gasteiger partial charge < -0.3 is 22.1 Å². The van der Waals surface area contributed by atoms with Crippen LogP contribution in [0.3, 0.4) is 0 Å². The maximum absolute atomic E-state index is 11.8. The first kappa shape index (κ1) is 12.8. The van der Waals surface area contributed by atoms with Gasteiger partial charge in [-0.1, -0.05) is 19.3 Å². The molecule has 6 nitrogen and oxygen atoms in total. The molecule has 0 radical (unpaired) electrons. The van der Waals surface area contributed by atoms with Crippen molar-refractivity contribution in [3.63, 3.8) is 0 Å². The van der Waals surface area contributed by atoms with Gasteiger partial charge in [-0.05, 0) is 12.8 Å². The van der Waals surface area contributed by atoms with Crippen LogP contribution >= 0.6 is 0 Å². The van der Waals surface area contributed by atoms with Crippen LogP contribution in [0, 0.1) is 0 Å². The first-order valence-electron chi connectivity index (χ1n) is 5.65. The van der Waals surface area contributed by atoms with E-state index in [1.165, 1.54) is 0 Å². The molecule has 0 heterocycles. The first-order chi connectivity index (χ1) is 7.54. The van der Waals surface area contributed by atoms with Crippen LogP contribution in [0.15, 0.2) is 0 Å². The Balaban J connectivity index is 2.25. The van der Waals surface area contributed by atoms with Gasteiger partial charge in [-0.25, -0.2) is 4.79 Å². The van der Waals surface area contributed by atoms with E-state index in [4.69, 9.17) is 11.5 Å². The van der Waals surface area contributed by atoms with Gasteiger partial charge in [0.25, 0.3) is 0 Å². The van der Waals surface area contributed by atoms with Gasteiger partial charge in [0.2, 0.25) is 5.91 Å². The third-order valence-electron chi connectivity index (χ3n) is 2.91. The minimum absolute atomic E-state index is 0.126. The first-order valence-corrected chi connectivity index (χ1v) is 5.65. The standard InChI is InChI=1S/C10H20N4O2/c11-9(16)14-7-6-13-8(15)10(12)4-2-1-3-5-10/h1-7,12H2,(H,13,15)(H3,11,14,16). The smallest absolute Gasteiger partial charge is 0.312 e. The largest absolute Gasteiger partial charge is 0.353 e. The zero-order valence-electron chi connectivity index (χ0n) is 9.42. The number of urea groups is 1. The molecule has 6 N–H and O–H groups in total. The summed E-state index contributed by atoms with van der Waals surface area (Å²) in [7, 11) is 0. The fraction of sp³-hybridized carbons (Fsp3) is 0.800. The molecule has 1 rings (SSSR count). The van der Waals surface area contributed by atoms with Gasteiger partial charge in [-0.3, -0.25) is 4.79 Å². The highest BCUT2D eigenvalue weighted by atomic mass is 16.2. The molecular weight excluding hydrogens is 208 g/mol. The van der Waals surface area contributed by atoms with Gasteiger partial charge in [0.15, 0.2) is 0 Å². The van der Waals surface area contributed by atoms with E-state index in [9.17, 15) is 9.59 Å². The number of hydrogen-bond acceptors (Lipinski definition) is 3. The van der Waals surface area contributed by atoms with Crippen molar-refractivity contribution in [3.8, 4) is 0 Å². The minimum atomic E-state index is -0.717. The lowest BCUT2D eigenvalue weighted by atomic mass is 9.82. The van der Waals surface area contributed by atoms with Crippen molar-refractivity contribution in [2.75, 3.05) is 13.1 Å². The second kappa shape index (κ2) is 5.69. The summed E-state index contributed by atoms with van der Waals surface area (Å²) in [4.78, 5) is 22.2. The number of nitrogens with two attached hydrogens (primary N) is 2. The lowest BCUT2D eigenvalue weighted by molar-refractivity contribution is -0.127. The Morgan fingerprint density at radius 2 is 1.62 bits per heavy atom. The maximum Gasteiger partial charge on any atom is 0.312 e. The maximum atomic E-state index is 11.8. The van der Waals surface area contributed by atoms with E-state index in [0.29, 0.717) is 13.1 Å². The lowest BCUT2D eigenvalue weighted by Crippen LogP contribution is -2.55. The number of hydrogen-bond donors (Lipinski definition) is 4. The summed E-state index contributed by atoms with van der Waals surface area (Å²) < 4.78 is 0.